The van der Waals surface area contributed by atoms with E-state index in [4.69, 9.17) is 0 Å². The lowest BCUT2D eigenvalue weighted by atomic mass is 9.93. The molecule has 2 rings (SSSR count). The minimum Gasteiger partial charge on any atom is -0.339 e. The molecule has 1 saturated heterocycles. The first kappa shape index (κ1) is 15.0. The van der Waals surface area contributed by atoms with E-state index in [0.29, 0.717) is 11.5 Å². The highest BCUT2D eigenvalue weighted by molar-refractivity contribution is 5.94. The second-order valence-electron chi connectivity index (χ2n) is 5.56. The van der Waals surface area contributed by atoms with Gasteiger partial charge in [0.15, 0.2) is 0 Å². The number of halogens is 1. The lowest BCUT2D eigenvalue weighted by Crippen LogP contribution is -2.39. The SMILES string of the molecule is CNCCC1CCN(C(=O)c2cccc(C)c2F)CC1. The average molecular weight is 278 g/mol. The van der Waals surface area contributed by atoms with Crippen molar-refractivity contribution in [2.45, 2.75) is 26.2 Å². The van der Waals surface area contributed by atoms with Crippen molar-refractivity contribution in [3.63, 3.8) is 0 Å². The number of hydrogen-bond donors (Lipinski definition) is 1. The zero-order valence-corrected chi connectivity index (χ0v) is 12.3. The topological polar surface area (TPSA) is 32.3 Å². The highest BCUT2D eigenvalue weighted by atomic mass is 19.1. The summed E-state index contributed by atoms with van der Waals surface area (Å²) in [5.41, 5.74) is 0.735. The Labute approximate surface area is 120 Å². The van der Waals surface area contributed by atoms with Gasteiger partial charge in [-0.2, -0.15) is 0 Å². The number of hydrogen-bond acceptors (Lipinski definition) is 2. The van der Waals surface area contributed by atoms with E-state index in [2.05, 4.69) is 5.32 Å². The normalized spacial score (nSPS) is 16.4. The van der Waals surface area contributed by atoms with Crippen molar-refractivity contribution in [1.82, 2.24) is 10.2 Å². The van der Waals surface area contributed by atoms with Gasteiger partial charge in [-0.05, 0) is 57.3 Å². The number of piperidine rings is 1. The third-order valence-corrected chi connectivity index (χ3v) is 4.13. The summed E-state index contributed by atoms with van der Waals surface area (Å²) in [5.74, 6) is 0.127. The zero-order chi connectivity index (χ0) is 14.5. The van der Waals surface area contributed by atoms with Gasteiger partial charge >= 0.3 is 0 Å². The van der Waals surface area contributed by atoms with E-state index in [1.807, 2.05) is 7.05 Å². The lowest BCUT2D eigenvalue weighted by Gasteiger charge is -2.32. The predicted molar refractivity (Wildman–Crippen MR) is 78.3 cm³/mol. The molecule has 3 nitrogen and oxygen atoms in total. The van der Waals surface area contributed by atoms with Crippen molar-refractivity contribution >= 4 is 5.91 Å². The number of rotatable bonds is 4. The van der Waals surface area contributed by atoms with Gasteiger partial charge in [-0.15, -0.1) is 0 Å². The molecule has 1 heterocycles. The Hall–Kier alpha value is -1.42. The Morgan fingerprint density at radius 2 is 2.10 bits per heavy atom. The van der Waals surface area contributed by atoms with Crippen LogP contribution in [0.3, 0.4) is 0 Å². The summed E-state index contributed by atoms with van der Waals surface area (Å²) in [7, 11) is 1.96. The van der Waals surface area contributed by atoms with E-state index in [1.165, 1.54) is 0 Å². The number of aryl methyl sites for hydroxylation is 1. The number of carbonyl (C=O) groups is 1. The Bertz CT molecular complexity index is 468. The molecule has 1 N–H and O–H groups in total. The van der Waals surface area contributed by atoms with Gasteiger partial charge in [0.1, 0.15) is 5.82 Å². The highest BCUT2D eigenvalue weighted by Gasteiger charge is 2.25. The maximum atomic E-state index is 14.0. The van der Waals surface area contributed by atoms with Gasteiger partial charge in [0.05, 0.1) is 5.56 Å². The summed E-state index contributed by atoms with van der Waals surface area (Å²) in [6, 6.07) is 5.01. The summed E-state index contributed by atoms with van der Waals surface area (Å²) in [4.78, 5) is 14.2. The first-order valence-electron chi connectivity index (χ1n) is 7.32. The first-order chi connectivity index (χ1) is 9.63. The molecular formula is C16H23FN2O. The number of carbonyl (C=O) groups excluding carboxylic acids is 1. The molecule has 0 aliphatic carbocycles. The van der Waals surface area contributed by atoms with Crippen molar-refractivity contribution in [2.75, 3.05) is 26.7 Å². The van der Waals surface area contributed by atoms with Gasteiger partial charge in [0, 0.05) is 13.1 Å². The Balaban J connectivity index is 1.96. The minimum absolute atomic E-state index is 0.168. The van der Waals surface area contributed by atoms with E-state index < -0.39 is 0 Å². The van der Waals surface area contributed by atoms with Crippen LogP contribution in [-0.2, 0) is 0 Å². The molecule has 0 saturated carbocycles. The molecule has 1 aromatic rings. The molecule has 0 unspecified atom stereocenters. The summed E-state index contributed by atoms with van der Waals surface area (Å²) in [5, 5.41) is 3.16. The van der Waals surface area contributed by atoms with Crippen molar-refractivity contribution < 1.29 is 9.18 Å². The second-order valence-corrected chi connectivity index (χ2v) is 5.56. The molecule has 1 aromatic carbocycles. The first-order valence-corrected chi connectivity index (χ1v) is 7.32. The van der Waals surface area contributed by atoms with Crippen molar-refractivity contribution in [3.8, 4) is 0 Å². The molecule has 0 bridgehead atoms. The summed E-state index contributed by atoms with van der Waals surface area (Å²) in [6.07, 6.45) is 3.18. The van der Waals surface area contributed by atoms with Crippen LogP contribution in [0.2, 0.25) is 0 Å². The standard InChI is InChI=1S/C16H23FN2O/c1-12-4-3-5-14(15(12)17)16(20)19-10-7-13(8-11-19)6-9-18-2/h3-5,13,18H,6-11H2,1-2H3. The molecule has 1 fully saturated rings. The van der Waals surface area contributed by atoms with Crippen LogP contribution in [0.4, 0.5) is 4.39 Å². The molecular weight excluding hydrogens is 255 g/mol. The van der Waals surface area contributed by atoms with Gasteiger partial charge in [0.2, 0.25) is 0 Å². The molecule has 4 heteroatoms. The Morgan fingerprint density at radius 1 is 1.40 bits per heavy atom. The van der Waals surface area contributed by atoms with Crippen LogP contribution in [-0.4, -0.2) is 37.5 Å². The second kappa shape index (κ2) is 6.84. The van der Waals surface area contributed by atoms with Crippen LogP contribution in [0.1, 0.15) is 35.2 Å². The van der Waals surface area contributed by atoms with Crippen LogP contribution < -0.4 is 5.32 Å². The van der Waals surface area contributed by atoms with Gasteiger partial charge in [-0.3, -0.25) is 4.79 Å². The molecule has 0 aromatic heterocycles. The van der Waals surface area contributed by atoms with Gasteiger partial charge in [0.25, 0.3) is 5.91 Å². The van der Waals surface area contributed by atoms with Crippen molar-refractivity contribution in [1.29, 1.82) is 0 Å². The predicted octanol–water partition coefficient (Wildman–Crippen LogP) is 2.60. The van der Waals surface area contributed by atoms with E-state index in [0.717, 1.165) is 38.9 Å². The van der Waals surface area contributed by atoms with Crippen LogP contribution in [0, 0.1) is 18.7 Å². The molecule has 1 amide bonds. The quantitative estimate of drug-likeness (QED) is 0.918. The molecule has 110 valence electrons. The Kier molecular flexibility index (Phi) is 5.12. The number of likely N-dealkylation sites (tertiary alicyclic amines) is 1. The molecule has 1 aliphatic rings. The smallest absolute Gasteiger partial charge is 0.256 e. The van der Waals surface area contributed by atoms with E-state index in [-0.39, 0.29) is 17.3 Å². The van der Waals surface area contributed by atoms with Crippen molar-refractivity contribution in [3.05, 3.63) is 35.1 Å². The largest absolute Gasteiger partial charge is 0.339 e. The molecule has 0 atom stereocenters. The maximum absolute atomic E-state index is 14.0. The number of nitrogens with zero attached hydrogens (tertiary/aromatic N) is 1. The molecule has 0 radical (unpaired) electrons. The molecule has 20 heavy (non-hydrogen) atoms. The van der Waals surface area contributed by atoms with Crippen LogP contribution in [0.15, 0.2) is 18.2 Å². The van der Waals surface area contributed by atoms with E-state index >= 15 is 0 Å². The zero-order valence-electron chi connectivity index (χ0n) is 12.3. The summed E-state index contributed by atoms with van der Waals surface area (Å²) in [6.45, 7) is 4.18. The number of amides is 1. The van der Waals surface area contributed by atoms with Crippen LogP contribution in [0.5, 0.6) is 0 Å². The fourth-order valence-corrected chi connectivity index (χ4v) is 2.76. The third-order valence-electron chi connectivity index (χ3n) is 4.13. The molecule has 1 aliphatic heterocycles. The van der Waals surface area contributed by atoms with E-state index in [9.17, 15) is 9.18 Å². The monoisotopic (exact) mass is 278 g/mol. The molecule has 0 spiro atoms. The third kappa shape index (κ3) is 3.37. The van der Waals surface area contributed by atoms with Crippen molar-refractivity contribution in [2.24, 2.45) is 5.92 Å². The summed E-state index contributed by atoms with van der Waals surface area (Å²) < 4.78 is 14.0. The van der Waals surface area contributed by atoms with Gasteiger partial charge in [-0.25, -0.2) is 4.39 Å². The van der Waals surface area contributed by atoms with Crippen LogP contribution >= 0.6 is 0 Å². The van der Waals surface area contributed by atoms with E-state index in [1.54, 1.807) is 30.0 Å². The summed E-state index contributed by atoms with van der Waals surface area (Å²) >= 11 is 0. The number of benzene rings is 1. The lowest BCUT2D eigenvalue weighted by molar-refractivity contribution is 0.0682. The maximum Gasteiger partial charge on any atom is 0.256 e. The van der Waals surface area contributed by atoms with Gasteiger partial charge in [-0.1, -0.05) is 12.1 Å². The fraction of sp³-hybridized carbons (Fsp3) is 0.562. The van der Waals surface area contributed by atoms with Crippen LogP contribution in [0.25, 0.3) is 0 Å². The van der Waals surface area contributed by atoms with Gasteiger partial charge < -0.3 is 10.2 Å². The minimum atomic E-state index is -0.380. The average Bonchev–Trinajstić information content (AvgIpc) is 2.48. The highest BCUT2D eigenvalue weighted by Crippen LogP contribution is 2.22. The number of nitrogens with one attached hydrogen (secondary N) is 1. The Morgan fingerprint density at radius 3 is 2.75 bits per heavy atom. The fourth-order valence-electron chi connectivity index (χ4n) is 2.76.